The molecule has 1 aliphatic heterocycles. The molecule has 27 heavy (non-hydrogen) atoms. The van der Waals surface area contributed by atoms with E-state index >= 15 is 0 Å². The van der Waals surface area contributed by atoms with E-state index in [0.717, 1.165) is 19.5 Å². The molecule has 0 spiro atoms. The number of primary amides is 1. The van der Waals surface area contributed by atoms with Gasteiger partial charge in [0.1, 0.15) is 0 Å². The van der Waals surface area contributed by atoms with Crippen molar-refractivity contribution in [3.8, 4) is 0 Å². The third kappa shape index (κ3) is 3.26. The molecule has 3 N–H and O–H groups in total. The minimum absolute atomic E-state index is 0.369. The number of aryl methyl sites for hydroxylation is 2. The minimum Gasteiger partial charge on any atom is -0.366 e. The normalized spacial score (nSPS) is 20.4. The van der Waals surface area contributed by atoms with Gasteiger partial charge in [-0.25, -0.2) is 0 Å². The molecule has 1 aromatic heterocycles. The molecule has 140 valence electrons. The number of hydrogen-bond acceptors (Lipinski definition) is 2. The lowest BCUT2D eigenvalue weighted by atomic mass is 9.82. The Morgan fingerprint density at radius 1 is 1.15 bits per heavy atom. The van der Waals surface area contributed by atoms with Crippen molar-refractivity contribution in [2.75, 3.05) is 20.1 Å². The van der Waals surface area contributed by atoms with Gasteiger partial charge < -0.3 is 15.6 Å². The summed E-state index contributed by atoms with van der Waals surface area (Å²) in [6.45, 7) is 6.52. The smallest absolute Gasteiger partial charge is 0.248 e. The number of carbonyl (C=O) groups excluding carboxylic acids is 1. The molecule has 0 saturated carbocycles. The first-order chi connectivity index (χ1) is 12.9. The van der Waals surface area contributed by atoms with Crippen LogP contribution in [0.25, 0.3) is 10.9 Å². The summed E-state index contributed by atoms with van der Waals surface area (Å²) in [5, 5.41) is 1.35. The lowest BCUT2D eigenvalue weighted by Crippen LogP contribution is -2.16. The number of nitrogens with one attached hydrogen (secondary N) is 1. The fourth-order valence-corrected chi connectivity index (χ4v) is 4.74. The summed E-state index contributed by atoms with van der Waals surface area (Å²) in [6, 6.07) is 12.4. The van der Waals surface area contributed by atoms with Crippen molar-refractivity contribution in [1.82, 2.24) is 9.88 Å². The van der Waals surface area contributed by atoms with E-state index in [0.29, 0.717) is 17.4 Å². The molecule has 1 fully saturated rings. The summed E-state index contributed by atoms with van der Waals surface area (Å²) in [5.74, 6) is 0.646. The second-order valence-corrected chi connectivity index (χ2v) is 8.03. The van der Waals surface area contributed by atoms with Crippen LogP contribution in [0, 0.1) is 19.8 Å². The zero-order valence-electron chi connectivity index (χ0n) is 16.3. The Labute approximate surface area is 160 Å². The molecule has 4 heteroatoms. The van der Waals surface area contributed by atoms with Crippen LogP contribution in [0.3, 0.4) is 0 Å². The Bertz CT molecular complexity index is 987. The molecule has 2 heterocycles. The van der Waals surface area contributed by atoms with Gasteiger partial charge in [0.05, 0.1) is 0 Å². The molecule has 2 atom stereocenters. The first-order valence-corrected chi connectivity index (χ1v) is 9.58. The molecule has 2 aromatic carbocycles. The molecule has 4 nitrogen and oxygen atoms in total. The largest absolute Gasteiger partial charge is 0.366 e. The van der Waals surface area contributed by atoms with Crippen LogP contribution in [0.15, 0.2) is 42.6 Å². The van der Waals surface area contributed by atoms with Crippen molar-refractivity contribution in [2.45, 2.75) is 26.2 Å². The average molecular weight is 361 g/mol. The van der Waals surface area contributed by atoms with Gasteiger partial charge in [-0.1, -0.05) is 18.2 Å². The van der Waals surface area contributed by atoms with Crippen LogP contribution in [-0.4, -0.2) is 35.9 Å². The van der Waals surface area contributed by atoms with Crippen LogP contribution >= 0.6 is 0 Å². The molecule has 3 aromatic rings. The van der Waals surface area contributed by atoms with Crippen LogP contribution < -0.4 is 5.73 Å². The zero-order valence-corrected chi connectivity index (χ0v) is 16.3. The summed E-state index contributed by atoms with van der Waals surface area (Å²) < 4.78 is 0. The maximum atomic E-state index is 11.4. The van der Waals surface area contributed by atoms with Gasteiger partial charge in [-0.2, -0.15) is 0 Å². The lowest BCUT2D eigenvalue weighted by molar-refractivity contribution is 0.100. The maximum absolute atomic E-state index is 11.4. The molecule has 0 bridgehead atoms. The van der Waals surface area contributed by atoms with Crippen molar-refractivity contribution < 1.29 is 4.79 Å². The topological polar surface area (TPSA) is 62.1 Å². The molecule has 0 unspecified atom stereocenters. The number of likely N-dealkylation sites (tertiary alicyclic amines) is 1. The van der Waals surface area contributed by atoms with Crippen molar-refractivity contribution >= 4 is 16.8 Å². The van der Waals surface area contributed by atoms with E-state index in [2.05, 4.69) is 55.0 Å². The highest BCUT2D eigenvalue weighted by Crippen LogP contribution is 2.37. The Morgan fingerprint density at radius 3 is 2.59 bits per heavy atom. The Morgan fingerprint density at radius 2 is 1.89 bits per heavy atom. The van der Waals surface area contributed by atoms with E-state index in [1.807, 2.05) is 18.3 Å². The van der Waals surface area contributed by atoms with Gasteiger partial charge in [0.2, 0.25) is 5.91 Å². The summed E-state index contributed by atoms with van der Waals surface area (Å²) in [7, 11) is 2.19. The van der Waals surface area contributed by atoms with Crippen molar-refractivity contribution in [2.24, 2.45) is 11.7 Å². The van der Waals surface area contributed by atoms with Crippen LogP contribution in [0.5, 0.6) is 0 Å². The van der Waals surface area contributed by atoms with Gasteiger partial charge in [-0.3, -0.25) is 4.79 Å². The number of aromatic nitrogens is 1. The number of rotatable bonds is 4. The number of likely N-dealkylation sites (N-methyl/N-ethyl adjacent to an activating group) is 1. The molecule has 1 amide bonds. The summed E-state index contributed by atoms with van der Waals surface area (Å²) in [6.07, 6.45) is 3.11. The van der Waals surface area contributed by atoms with E-state index in [1.54, 1.807) is 0 Å². The maximum Gasteiger partial charge on any atom is 0.248 e. The SMILES string of the molecule is Cc1cc(C)c2[nH]ccc2c1C[C@@H]1CN(C)C[C@H]1c1ccc(C(N)=O)cc1. The van der Waals surface area contributed by atoms with Gasteiger partial charge in [-0.05, 0) is 73.7 Å². The molecular formula is C23H27N3O. The van der Waals surface area contributed by atoms with Crippen LogP contribution in [-0.2, 0) is 6.42 Å². The quantitative estimate of drug-likeness (QED) is 0.743. The highest BCUT2D eigenvalue weighted by Gasteiger charge is 2.32. The number of benzene rings is 2. The number of amides is 1. The minimum atomic E-state index is -0.369. The average Bonchev–Trinajstić information content (AvgIpc) is 3.25. The second kappa shape index (κ2) is 6.86. The van der Waals surface area contributed by atoms with Crippen LogP contribution in [0.4, 0.5) is 0 Å². The molecule has 1 saturated heterocycles. The van der Waals surface area contributed by atoms with Gasteiger partial charge in [0.15, 0.2) is 0 Å². The zero-order chi connectivity index (χ0) is 19.1. The Kier molecular flexibility index (Phi) is 4.52. The fraction of sp³-hybridized carbons (Fsp3) is 0.348. The van der Waals surface area contributed by atoms with Crippen LogP contribution in [0.2, 0.25) is 0 Å². The third-order valence-electron chi connectivity index (χ3n) is 6.09. The molecule has 0 radical (unpaired) electrons. The number of nitrogens with zero attached hydrogens (tertiary/aromatic N) is 1. The van der Waals surface area contributed by atoms with E-state index in [9.17, 15) is 4.79 Å². The fourth-order valence-electron chi connectivity index (χ4n) is 4.74. The highest BCUT2D eigenvalue weighted by atomic mass is 16.1. The first-order valence-electron chi connectivity index (χ1n) is 9.58. The van der Waals surface area contributed by atoms with Gasteiger partial charge >= 0.3 is 0 Å². The Hall–Kier alpha value is -2.59. The molecule has 0 aliphatic carbocycles. The first kappa shape index (κ1) is 17.8. The van der Waals surface area contributed by atoms with E-state index in [4.69, 9.17) is 5.73 Å². The summed E-state index contributed by atoms with van der Waals surface area (Å²) in [4.78, 5) is 17.2. The van der Waals surface area contributed by atoms with Gasteiger partial charge in [-0.15, -0.1) is 0 Å². The molecular weight excluding hydrogens is 334 g/mol. The van der Waals surface area contributed by atoms with E-state index in [-0.39, 0.29) is 5.91 Å². The number of hydrogen-bond donors (Lipinski definition) is 2. The lowest BCUT2D eigenvalue weighted by Gasteiger charge is -2.21. The summed E-state index contributed by atoms with van der Waals surface area (Å²) >= 11 is 0. The standard InChI is InChI=1S/C23H27N3O/c1-14-10-15(2)22-19(8-9-25-22)20(14)11-18-12-26(3)13-21(18)16-4-6-17(7-5-16)23(24)27/h4-10,18,21,25H,11-13H2,1-3H3,(H2,24,27)/t18-,21+/m1/s1. The molecule has 1 aliphatic rings. The van der Waals surface area contributed by atoms with Crippen molar-refractivity contribution in [3.05, 3.63) is 70.4 Å². The van der Waals surface area contributed by atoms with Crippen molar-refractivity contribution in [1.29, 1.82) is 0 Å². The number of fused-ring (bicyclic) bond motifs is 1. The van der Waals surface area contributed by atoms with E-state index in [1.165, 1.54) is 33.2 Å². The van der Waals surface area contributed by atoms with Gasteiger partial charge in [0.25, 0.3) is 0 Å². The Balaban J connectivity index is 1.66. The number of nitrogens with two attached hydrogens (primary N) is 1. The third-order valence-corrected chi connectivity index (χ3v) is 6.09. The monoisotopic (exact) mass is 361 g/mol. The number of H-pyrrole nitrogens is 1. The predicted octanol–water partition coefficient (Wildman–Crippen LogP) is 3.77. The second-order valence-electron chi connectivity index (χ2n) is 8.03. The molecule has 4 rings (SSSR count). The van der Waals surface area contributed by atoms with Crippen molar-refractivity contribution in [3.63, 3.8) is 0 Å². The number of aromatic amines is 1. The van der Waals surface area contributed by atoms with Gasteiger partial charge in [0, 0.05) is 41.7 Å². The number of carbonyl (C=O) groups is 1. The summed E-state index contributed by atoms with van der Waals surface area (Å²) in [5.41, 5.74) is 12.6. The van der Waals surface area contributed by atoms with E-state index < -0.39 is 0 Å². The predicted molar refractivity (Wildman–Crippen MR) is 110 cm³/mol. The highest BCUT2D eigenvalue weighted by molar-refractivity contribution is 5.92. The van der Waals surface area contributed by atoms with Crippen LogP contribution in [0.1, 0.15) is 38.5 Å².